The first-order chi connectivity index (χ1) is 14.2. The van der Waals surface area contributed by atoms with Crippen LogP contribution in [0.4, 0.5) is 0 Å². The molecule has 6 heteroatoms. The molecule has 0 aliphatic carbocycles. The third-order valence-corrected chi connectivity index (χ3v) is 4.75. The first-order valence-corrected chi connectivity index (χ1v) is 10.7. The first kappa shape index (κ1) is 21.0. The summed E-state index contributed by atoms with van der Waals surface area (Å²) in [5, 5.41) is 19.4. The standard InChI is InChI=1S/C23H31N3O3/c1-3-5-6-7-8-9-15-29-19-11-13-22(23(27)17-19)26-24-20-12-10-18(28-14-4-2)16-21(20)25-26/h10-13,16-17,27H,3-9,14-15H2,1-2H3. The summed E-state index contributed by atoms with van der Waals surface area (Å²) in [6, 6.07) is 10.9. The molecule has 0 amide bonds. The zero-order valence-electron chi connectivity index (χ0n) is 17.4. The van der Waals surface area contributed by atoms with Crippen LogP contribution in [-0.2, 0) is 0 Å². The van der Waals surface area contributed by atoms with Gasteiger partial charge in [0.25, 0.3) is 0 Å². The zero-order chi connectivity index (χ0) is 20.5. The quantitative estimate of drug-likeness (QED) is 0.400. The van der Waals surface area contributed by atoms with Crippen LogP contribution in [0.2, 0.25) is 0 Å². The molecule has 3 rings (SSSR count). The molecule has 3 aromatic rings. The summed E-state index contributed by atoms with van der Waals surface area (Å²) in [6.45, 7) is 5.62. The van der Waals surface area contributed by atoms with Crippen molar-refractivity contribution in [2.24, 2.45) is 0 Å². The topological polar surface area (TPSA) is 69.4 Å². The minimum absolute atomic E-state index is 0.0909. The molecule has 1 N–H and O–H groups in total. The summed E-state index contributed by atoms with van der Waals surface area (Å²) in [6.07, 6.45) is 8.27. The number of nitrogens with zero attached hydrogens (tertiary/aromatic N) is 3. The number of aromatic hydroxyl groups is 1. The van der Waals surface area contributed by atoms with Crippen molar-refractivity contribution in [3.8, 4) is 22.9 Å². The van der Waals surface area contributed by atoms with Crippen molar-refractivity contribution >= 4 is 11.0 Å². The molecule has 0 aliphatic rings. The summed E-state index contributed by atoms with van der Waals surface area (Å²) < 4.78 is 11.4. The number of rotatable bonds is 12. The zero-order valence-corrected chi connectivity index (χ0v) is 17.4. The normalized spacial score (nSPS) is 11.1. The number of benzene rings is 2. The molecule has 0 fully saturated rings. The van der Waals surface area contributed by atoms with Crippen LogP contribution in [-0.4, -0.2) is 33.3 Å². The largest absolute Gasteiger partial charge is 0.505 e. The predicted octanol–water partition coefficient (Wildman–Crippen LogP) is 5.65. The fraction of sp³-hybridized carbons (Fsp3) is 0.478. The Labute approximate surface area is 172 Å². The van der Waals surface area contributed by atoms with Gasteiger partial charge in [0.2, 0.25) is 0 Å². The second-order valence-corrected chi connectivity index (χ2v) is 7.26. The van der Waals surface area contributed by atoms with Gasteiger partial charge < -0.3 is 14.6 Å². The van der Waals surface area contributed by atoms with E-state index in [1.807, 2.05) is 24.3 Å². The van der Waals surface area contributed by atoms with Crippen LogP contribution in [0, 0.1) is 0 Å². The smallest absolute Gasteiger partial charge is 0.146 e. The highest BCUT2D eigenvalue weighted by Crippen LogP contribution is 2.27. The average Bonchev–Trinajstić information content (AvgIpc) is 3.14. The van der Waals surface area contributed by atoms with Crippen LogP contribution >= 0.6 is 0 Å². The Bertz CT molecular complexity index is 908. The number of hydrogen-bond donors (Lipinski definition) is 1. The number of phenolic OH excluding ortho intramolecular Hbond substituents is 1. The molecule has 1 aromatic heterocycles. The molecule has 29 heavy (non-hydrogen) atoms. The van der Waals surface area contributed by atoms with Crippen LogP contribution in [0.25, 0.3) is 16.7 Å². The highest BCUT2D eigenvalue weighted by Gasteiger charge is 2.11. The summed E-state index contributed by atoms with van der Waals surface area (Å²) in [7, 11) is 0. The van der Waals surface area contributed by atoms with Gasteiger partial charge >= 0.3 is 0 Å². The van der Waals surface area contributed by atoms with Gasteiger partial charge in [0, 0.05) is 12.1 Å². The van der Waals surface area contributed by atoms with E-state index in [1.165, 1.54) is 36.9 Å². The van der Waals surface area contributed by atoms with Gasteiger partial charge in [-0.15, -0.1) is 15.0 Å². The van der Waals surface area contributed by atoms with Crippen LogP contribution in [0.1, 0.15) is 58.8 Å². The molecule has 0 saturated carbocycles. The van der Waals surface area contributed by atoms with Gasteiger partial charge in [0.15, 0.2) is 0 Å². The highest BCUT2D eigenvalue weighted by molar-refractivity contribution is 5.75. The van der Waals surface area contributed by atoms with Crippen LogP contribution in [0.15, 0.2) is 36.4 Å². The number of hydrogen-bond acceptors (Lipinski definition) is 5. The third kappa shape index (κ3) is 5.86. The molecule has 0 bridgehead atoms. The number of phenols is 1. The van der Waals surface area contributed by atoms with Crippen molar-refractivity contribution in [3.63, 3.8) is 0 Å². The lowest BCUT2D eigenvalue weighted by molar-refractivity contribution is 0.302. The van der Waals surface area contributed by atoms with E-state index < -0.39 is 0 Å². The number of ether oxygens (including phenoxy) is 2. The van der Waals surface area contributed by atoms with Crippen molar-refractivity contribution in [1.29, 1.82) is 0 Å². The predicted molar refractivity (Wildman–Crippen MR) is 115 cm³/mol. The Morgan fingerprint density at radius 1 is 0.759 bits per heavy atom. The van der Waals surface area contributed by atoms with E-state index >= 15 is 0 Å². The number of unbranched alkanes of at least 4 members (excludes halogenated alkanes) is 5. The van der Waals surface area contributed by atoms with Gasteiger partial charge in [-0.1, -0.05) is 46.0 Å². The lowest BCUT2D eigenvalue weighted by Crippen LogP contribution is -2.01. The molecule has 0 aliphatic heterocycles. The summed E-state index contributed by atoms with van der Waals surface area (Å²) in [5.41, 5.74) is 1.99. The minimum Gasteiger partial charge on any atom is -0.505 e. The lowest BCUT2D eigenvalue weighted by Gasteiger charge is -2.08. The van der Waals surface area contributed by atoms with Crippen molar-refractivity contribution < 1.29 is 14.6 Å². The van der Waals surface area contributed by atoms with Gasteiger partial charge in [-0.05, 0) is 37.1 Å². The Hall–Kier alpha value is -2.76. The van der Waals surface area contributed by atoms with E-state index in [4.69, 9.17) is 9.47 Å². The molecule has 0 radical (unpaired) electrons. The van der Waals surface area contributed by atoms with Gasteiger partial charge in [-0.2, -0.15) is 0 Å². The Morgan fingerprint density at radius 3 is 2.24 bits per heavy atom. The van der Waals surface area contributed by atoms with Crippen molar-refractivity contribution in [2.75, 3.05) is 13.2 Å². The molecule has 0 unspecified atom stereocenters. The monoisotopic (exact) mass is 397 g/mol. The van der Waals surface area contributed by atoms with Crippen LogP contribution in [0.5, 0.6) is 17.2 Å². The number of aromatic nitrogens is 3. The van der Waals surface area contributed by atoms with Gasteiger partial charge in [0.1, 0.15) is 34.0 Å². The summed E-state index contributed by atoms with van der Waals surface area (Å²) in [4.78, 5) is 1.45. The Balaban J connectivity index is 1.61. The fourth-order valence-electron chi connectivity index (χ4n) is 3.15. The maximum Gasteiger partial charge on any atom is 0.146 e. The maximum absolute atomic E-state index is 10.4. The van der Waals surface area contributed by atoms with Gasteiger partial charge in [-0.3, -0.25) is 0 Å². The van der Waals surface area contributed by atoms with Crippen molar-refractivity contribution in [1.82, 2.24) is 15.0 Å². The first-order valence-electron chi connectivity index (χ1n) is 10.7. The van der Waals surface area contributed by atoms with Gasteiger partial charge in [-0.25, -0.2) is 0 Å². The van der Waals surface area contributed by atoms with E-state index in [-0.39, 0.29) is 5.75 Å². The summed E-state index contributed by atoms with van der Waals surface area (Å²) >= 11 is 0. The molecular formula is C23H31N3O3. The second-order valence-electron chi connectivity index (χ2n) is 7.26. The Morgan fingerprint density at radius 2 is 1.45 bits per heavy atom. The molecule has 0 spiro atoms. The Kier molecular flexibility index (Phi) is 7.73. The third-order valence-electron chi connectivity index (χ3n) is 4.75. The van der Waals surface area contributed by atoms with E-state index in [1.54, 1.807) is 12.1 Å². The van der Waals surface area contributed by atoms with Crippen molar-refractivity contribution in [3.05, 3.63) is 36.4 Å². The SMILES string of the molecule is CCCCCCCCOc1ccc(-n2nc3ccc(OCCC)cc3n2)c(O)c1. The molecule has 156 valence electrons. The van der Waals surface area contributed by atoms with E-state index in [2.05, 4.69) is 24.0 Å². The average molecular weight is 398 g/mol. The van der Waals surface area contributed by atoms with E-state index in [9.17, 15) is 5.11 Å². The molecule has 1 heterocycles. The lowest BCUT2D eigenvalue weighted by atomic mass is 10.1. The second kappa shape index (κ2) is 10.7. The number of fused-ring (bicyclic) bond motifs is 1. The van der Waals surface area contributed by atoms with Crippen LogP contribution < -0.4 is 9.47 Å². The molecular weight excluding hydrogens is 366 g/mol. The molecule has 6 nitrogen and oxygen atoms in total. The fourth-order valence-corrected chi connectivity index (χ4v) is 3.15. The molecule has 0 atom stereocenters. The van der Waals surface area contributed by atoms with Crippen molar-refractivity contribution in [2.45, 2.75) is 58.8 Å². The maximum atomic E-state index is 10.4. The summed E-state index contributed by atoms with van der Waals surface area (Å²) in [5.74, 6) is 1.52. The highest BCUT2D eigenvalue weighted by atomic mass is 16.5. The minimum atomic E-state index is 0.0909. The van der Waals surface area contributed by atoms with Crippen LogP contribution in [0.3, 0.4) is 0 Å². The van der Waals surface area contributed by atoms with Gasteiger partial charge in [0.05, 0.1) is 13.2 Å². The van der Waals surface area contributed by atoms with E-state index in [0.717, 1.165) is 29.6 Å². The molecule has 2 aromatic carbocycles. The molecule has 0 saturated heterocycles. The van der Waals surface area contributed by atoms with E-state index in [0.29, 0.717) is 24.7 Å².